The largest absolute Gasteiger partial charge is 0.485 e. The normalized spacial score (nSPS) is 22.4. The number of benzene rings is 1. The zero-order valence-electron chi connectivity index (χ0n) is 10.6. The van der Waals surface area contributed by atoms with Crippen LogP contribution in [0.2, 0.25) is 0 Å². The van der Waals surface area contributed by atoms with Gasteiger partial charge in [-0.2, -0.15) is 5.10 Å². The molecule has 94 valence electrons. The lowest BCUT2D eigenvalue weighted by atomic mass is 9.94. The van der Waals surface area contributed by atoms with E-state index in [0.29, 0.717) is 0 Å². The number of nitrogens with zero attached hydrogens (tertiary/aromatic N) is 2. The van der Waals surface area contributed by atoms with Crippen LogP contribution >= 0.6 is 0 Å². The van der Waals surface area contributed by atoms with Gasteiger partial charge >= 0.3 is 0 Å². The van der Waals surface area contributed by atoms with Crippen molar-refractivity contribution in [3.8, 4) is 5.75 Å². The van der Waals surface area contributed by atoms with Crippen LogP contribution in [0, 0.1) is 6.92 Å². The zero-order chi connectivity index (χ0) is 12.7. The van der Waals surface area contributed by atoms with Crippen molar-refractivity contribution in [2.75, 3.05) is 0 Å². The van der Waals surface area contributed by atoms with Crippen LogP contribution in [0.5, 0.6) is 5.75 Å². The minimum Gasteiger partial charge on any atom is -0.485 e. The molecule has 1 unspecified atom stereocenters. The first kappa shape index (κ1) is 11.3. The molecule has 2 heterocycles. The number of ether oxygens (including phenoxy) is 1. The summed E-state index contributed by atoms with van der Waals surface area (Å²) in [5, 5.41) is 4.36. The van der Waals surface area contributed by atoms with Crippen LogP contribution in [-0.2, 0) is 7.05 Å². The third-order valence-electron chi connectivity index (χ3n) is 3.45. The van der Waals surface area contributed by atoms with E-state index in [2.05, 4.69) is 5.10 Å². The molecule has 2 atom stereocenters. The molecular weight excluding hydrogens is 226 g/mol. The van der Waals surface area contributed by atoms with Crippen LogP contribution in [0.3, 0.4) is 0 Å². The van der Waals surface area contributed by atoms with Crippen LogP contribution < -0.4 is 10.5 Å². The van der Waals surface area contributed by atoms with Crippen LogP contribution in [0.4, 0.5) is 0 Å². The Balaban J connectivity index is 1.97. The lowest BCUT2D eigenvalue weighted by molar-refractivity contribution is 0.161. The molecule has 4 nitrogen and oxygen atoms in total. The van der Waals surface area contributed by atoms with Crippen molar-refractivity contribution in [2.45, 2.75) is 25.5 Å². The molecule has 0 spiro atoms. The topological polar surface area (TPSA) is 53.1 Å². The quantitative estimate of drug-likeness (QED) is 0.835. The van der Waals surface area contributed by atoms with E-state index in [9.17, 15) is 0 Å². The Hall–Kier alpha value is -1.81. The number of hydrogen-bond acceptors (Lipinski definition) is 3. The molecule has 2 N–H and O–H groups in total. The van der Waals surface area contributed by atoms with Crippen molar-refractivity contribution in [2.24, 2.45) is 12.8 Å². The third kappa shape index (κ3) is 1.78. The molecule has 0 aliphatic carbocycles. The number of rotatable bonds is 1. The summed E-state index contributed by atoms with van der Waals surface area (Å²) in [5.74, 6) is 0.893. The molecule has 0 radical (unpaired) electrons. The lowest BCUT2D eigenvalue weighted by Crippen LogP contribution is -2.24. The first-order valence-corrected chi connectivity index (χ1v) is 6.16. The van der Waals surface area contributed by atoms with Crippen LogP contribution in [-0.4, -0.2) is 9.78 Å². The number of para-hydroxylation sites is 1. The maximum Gasteiger partial charge on any atom is 0.129 e. The highest BCUT2D eigenvalue weighted by atomic mass is 16.5. The van der Waals surface area contributed by atoms with Gasteiger partial charge in [0.1, 0.15) is 11.9 Å². The van der Waals surface area contributed by atoms with Crippen molar-refractivity contribution in [3.05, 3.63) is 47.3 Å². The van der Waals surface area contributed by atoms with Gasteiger partial charge in [0.25, 0.3) is 0 Å². The second kappa shape index (κ2) is 4.14. The van der Waals surface area contributed by atoms with Crippen molar-refractivity contribution in [1.29, 1.82) is 0 Å². The van der Waals surface area contributed by atoms with Crippen LogP contribution in [0.25, 0.3) is 0 Å². The van der Waals surface area contributed by atoms with Crippen molar-refractivity contribution < 1.29 is 4.74 Å². The monoisotopic (exact) mass is 243 g/mol. The molecule has 2 aromatic rings. The van der Waals surface area contributed by atoms with Gasteiger partial charge in [-0.15, -0.1) is 0 Å². The Kier molecular flexibility index (Phi) is 2.59. The maximum absolute atomic E-state index is 6.22. The van der Waals surface area contributed by atoms with E-state index in [1.54, 1.807) is 0 Å². The third-order valence-corrected chi connectivity index (χ3v) is 3.45. The lowest BCUT2D eigenvalue weighted by Gasteiger charge is -2.30. The van der Waals surface area contributed by atoms with Gasteiger partial charge in [0, 0.05) is 36.8 Å². The Morgan fingerprint density at radius 2 is 2.11 bits per heavy atom. The van der Waals surface area contributed by atoms with Gasteiger partial charge in [0.15, 0.2) is 0 Å². The Labute approximate surface area is 106 Å². The van der Waals surface area contributed by atoms with E-state index in [1.807, 2.05) is 49.1 Å². The molecule has 3 rings (SSSR count). The SMILES string of the molecule is Cc1nn(C)cc1C1C[C@@H](N)c2ccccc2O1. The van der Waals surface area contributed by atoms with Crippen molar-refractivity contribution in [3.63, 3.8) is 0 Å². The molecule has 1 aliphatic rings. The van der Waals surface area contributed by atoms with E-state index >= 15 is 0 Å². The Morgan fingerprint density at radius 3 is 2.83 bits per heavy atom. The fourth-order valence-electron chi connectivity index (χ4n) is 2.58. The van der Waals surface area contributed by atoms with Crippen LogP contribution in [0.15, 0.2) is 30.5 Å². The smallest absolute Gasteiger partial charge is 0.129 e. The van der Waals surface area contributed by atoms with Gasteiger partial charge in [-0.1, -0.05) is 18.2 Å². The summed E-state index contributed by atoms with van der Waals surface area (Å²) in [6.45, 7) is 2.00. The van der Waals surface area contributed by atoms with Crippen molar-refractivity contribution >= 4 is 0 Å². The summed E-state index contributed by atoms with van der Waals surface area (Å²) in [7, 11) is 1.92. The van der Waals surface area contributed by atoms with Gasteiger partial charge in [-0.3, -0.25) is 4.68 Å². The summed E-state index contributed by atoms with van der Waals surface area (Å²) in [4.78, 5) is 0. The fourth-order valence-corrected chi connectivity index (χ4v) is 2.58. The average molecular weight is 243 g/mol. The van der Waals surface area contributed by atoms with E-state index in [4.69, 9.17) is 10.5 Å². The molecule has 4 heteroatoms. The number of aryl methyl sites for hydroxylation is 2. The molecule has 0 fully saturated rings. The van der Waals surface area contributed by atoms with Crippen molar-refractivity contribution in [1.82, 2.24) is 9.78 Å². The minimum atomic E-state index is 0.00333. The Morgan fingerprint density at radius 1 is 1.33 bits per heavy atom. The second-order valence-electron chi connectivity index (χ2n) is 4.83. The summed E-state index contributed by atoms with van der Waals surface area (Å²) >= 11 is 0. The van der Waals surface area contributed by atoms with Gasteiger partial charge in [0.05, 0.1) is 5.69 Å². The van der Waals surface area contributed by atoms with E-state index in [0.717, 1.165) is 29.0 Å². The highest BCUT2D eigenvalue weighted by Gasteiger charge is 2.28. The molecule has 0 saturated carbocycles. The number of hydrogen-bond donors (Lipinski definition) is 1. The first-order chi connectivity index (χ1) is 8.65. The molecule has 18 heavy (non-hydrogen) atoms. The number of nitrogens with two attached hydrogens (primary N) is 1. The highest BCUT2D eigenvalue weighted by Crippen LogP contribution is 2.39. The summed E-state index contributed by atoms with van der Waals surface area (Å²) in [5.41, 5.74) is 9.45. The van der Waals surface area contributed by atoms with E-state index in [1.165, 1.54) is 0 Å². The standard InChI is InChI=1S/C14H17N3O/c1-9-11(8-17(2)16-9)14-7-12(15)10-5-3-4-6-13(10)18-14/h3-6,8,12,14H,7,15H2,1-2H3/t12-,14?/m1/s1. The molecule has 0 amide bonds. The average Bonchev–Trinajstić information content (AvgIpc) is 2.68. The maximum atomic E-state index is 6.22. The molecule has 0 saturated heterocycles. The van der Waals surface area contributed by atoms with Gasteiger partial charge < -0.3 is 10.5 Å². The van der Waals surface area contributed by atoms with Gasteiger partial charge in [0.2, 0.25) is 0 Å². The first-order valence-electron chi connectivity index (χ1n) is 6.16. The summed E-state index contributed by atoms with van der Waals surface area (Å²) < 4.78 is 7.87. The van der Waals surface area contributed by atoms with E-state index in [-0.39, 0.29) is 12.1 Å². The molecular formula is C14H17N3O. The number of aromatic nitrogens is 2. The van der Waals surface area contributed by atoms with Gasteiger partial charge in [-0.25, -0.2) is 0 Å². The molecule has 1 aliphatic heterocycles. The summed E-state index contributed by atoms with van der Waals surface area (Å²) in [6, 6.07) is 8.01. The second-order valence-corrected chi connectivity index (χ2v) is 4.83. The molecule has 1 aromatic carbocycles. The van der Waals surface area contributed by atoms with Gasteiger partial charge in [-0.05, 0) is 13.0 Å². The van der Waals surface area contributed by atoms with E-state index < -0.39 is 0 Å². The summed E-state index contributed by atoms with van der Waals surface area (Å²) in [6.07, 6.45) is 2.81. The number of fused-ring (bicyclic) bond motifs is 1. The highest BCUT2D eigenvalue weighted by molar-refractivity contribution is 5.39. The zero-order valence-corrected chi connectivity index (χ0v) is 10.6. The predicted octanol–water partition coefficient (Wildman–Crippen LogP) is 2.25. The minimum absolute atomic E-state index is 0.00333. The fraction of sp³-hybridized carbons (Fsp3) is 0.357. The van der Waals surface area contributed by atoms with Crippen LogP contribution in [0.1, 0.15) is 35.4 Å². The predicted molar refractivity (Wildman–Crippen MR) is 69.3 cm³/mol. The molecule has 0 bridgehead atoms. The Bertz CT molecular complexity index is 576. The molecule has 1 aromatic heterocycles.